The molecule has 0 aliphatic heterocycles. The van der Waals surface area contributed by atoms with Gasteiger partial charge in [0.25, 0.3) is 0 Å². The molecule has 2 rings (SSSR count). The number of hydrogen-bond donors (Lipinski definition) is 2. The lowest BCUT2D eigenvalue weighted by Crippen LogP contribution is -2.42. The van der Waals surface area contributed by atoms with Crippen LogP contribution in [0.4, 0.5) is 10.1 Å². The maximum absolute atomic E-state index is 13.4. The SMILES string of the molecule is CC(NCc1ccc([N+](=O)[O-])c(F)c1)C(=O)NC1CC1. The molecule has 6 nitrogen and oxygen atoms in total. The van der Waals surface area contributed by atoms with Crippen LogP contribution in [0.15, 0.2) is 18.2 Å². The van der Waals surface area contributed by atoms with E-state index in [-0.39, 0.29) is 12.5 Å². The average Bonchev–Trinajstić information content (AvgIpc) is 3.19. The molecule has 1 atom stereocenters. The van der Waals surface area contributed by atoms with Crippen molar-refractivity contribution in [2.45, 2.75) is 38.4 Å². The first kappa shape index (κ1) is 14.4. The minimum atomic E-state index is -0.871. The number of nitro benzene ring substituents is 1. The van der Waals surface area contributed by atoms with Gasteiger partial charge in [-0.3, -0.25) is 14.9 Å². The smallest absolute Gasteiger partial charge is 0.304 e. The quantitative estimate of drug-likeness (QED) is 0.611. The zero-order valence-electron chi connectivity index (χ0n) is 11.1. The summed E-state index contributed by atoms with van der Waals surface area (Å²) in [7, 11) is 0. The van der Waals surface area contributed by atoms with E-state index in [4.69, 9.17) is 0 Å². The van der Waals surface area contributed by atoms with Gasteiger partial charge in [0.2, 0.25) is 11.7 Å². The molecule has 1 saturated carbocycles. The van der Waals surface area contributed by atoms with Crippen LogP contribution in [0.2, 0.25) is 0 Å². The first-order chi connectivity index (χ1) is 9.47. The van der Waals surface area contributed by atoms with Crippen LogP contribution in [0.3, 0.4) is 0 Å². The van der Waals surface area contributed by atoms with Crippen molar-refractivity contribution >= 4 is 11.6 Å². The molecule has 0 heterocycles. The Morgan fingerprint density at radius 3 is 2.80 bits per heavy atom. The van der Waals surface area contributed by atoms with Crippen molar-refractivity contribution in [1.29, 1.82) is 0 Å². The van der Waals surface area contributed by atoms with Gasteiger partial charge in [0.05, 0.1) is 11.0 Å². The second kappa shape index (κ2) is 5.96. The third kappa shape index (κ3) is 3.74. The van der Waals surface area contributed by atoms with Gasteiger partial charge in [-0.25, -0.2) is 0 Å². The topological polar surface area (TPSA) is 84.3 Å². The second-order valence-electron chi connectivity index (χ2n) is 4.93. The molecule has 1 aliphatic carbocycles. The Hall–Kier alpha value is -2.02. The van der Waals surface area contributed by atoms with Crippen molar-refractivity contribution in [3.63, 3.8) is 0 Å². The van der Waals surface area contributed by atoms with E-state index >= 15 is 0 Å². The van der Waals surface area contributed by atoms with E-state index in [9.17, 15) is 19.3 Å². The highest BCUT2D eigenvalue weighted by molar-refractivity contribution is 5.81. The van der Waals surface area contributed by atoms with Crippen molar-refractivity contribution in [2.75, 3.05) is 0 Å². The van der Waals surface area contributed by atoms with E-state index in [1.807, 2.05) is 0 Å². The number of nitrogens with one attached hydrogen (secondary N) is 2. The summed E-state index contributed by atoms with van der Waals surface area (Å²) in [5.41, 5.74) is 0.00690. The van der Waals surface area contributed by atoms with Gasteiger partial charge in [-0.15, -0.1) is 0 Å². The highest BCUT2D eigenvalue weighted by Gasteiger charge is 2.25. The summed E-state index contributed by atoms with van der Waals surface area (Å²) in [6.45, 7) is 1.99. The lowest BCUT2D eigenvalue weighted by atomic mass is 10.2. The standard InChI is InChI=1S/C13H16FN3O3/c1-8(13(18)16-10-3-4-10)15-7-9-2-5-12(17(19)20)11(14)6-9/h2,5-6,8,10,15H,3-4,7H2,1H3,(H,16,18). The van der Waals surface area contributed by atoms with Gasteiger partial charge in [-0.05, 0) is 31.4 Å². The molecule has 0 saturated heterocycles. The van der Waals surface area contributed by atoms with Gasteiger partial charge in [0.15, 0.2) is 0 Å². The van der Waals surface area contributed by atoms with E-state index in [1.54, 1.807) is 6.92 Å². The number of amides is 1. The molecule has 7 heteroatoms. The van der Waals surface area contributed by atoms with Gasteiger partial charge in [-0.2, -0.15) is 4.39 Å². The van der Waals surface area contributed by atoms with E-state index < -0.39 is 22.5 Å². The maximum Gasteiger partial charge on any atom is 0.304 e. The van der Waals surface area contributed by atoms with Crippen LogP contribution >= 0.6 is 0 Å². The third-order valence-electron chi connectivity index (χ3n) is 3.14. The summed E-state index contributed by atoms with van der Waals surface area (Å²) in [6.07, 6.45) is 2.04. The number of carbonyl (C=O) groups excluding carboxylic acids is 1. The molecule has 1 aromatic carbocycles. The Balaban J connectivity index is 1.88. The molecule has 1 fully saturated rings. The minimum absolute atomic E-state index is 0.0881. The van der Waals surface area contributed by atoms with Crippen molar-refractivity contribution in [3.8, 4) is 0 Å². The molecule has 0 bridgehead atoms. The Labute approximate surface area is 115 Å². The van der Waals surface area contributed by atoms with Crippen LogP contribution in [0.25, 0.3) is 0 Å². The fourth-order valence-electron chi connectivity index (χ4n) is 1.73. The number of nitrogens with zero attached hydrogens (tertiary/aromatic N) is 1. The molecule has 0 radical (unpaired) electrons. The molecule has 1 amide bonds. The van der Waals surface area contributed by atoms with Crippen LogP contribution in [0, 0.1) is 15.9 Å². The summed E-state index contributed by atoms with van der Waals surface area (Å²) >= 11 is 0. The number of rotatable bonds is 6. The van der Waals surface area contributed by atoms with Crippen molar-refractivity contribution in [1.82, 2.24) is 10.6 Å². The molecular formula is C13H16FN3O3. The third-order valence-corrected chi connectivity index (χ3v) is 3.14. The molecule has 1 unspecified atom stereocenters. The minimum Gasteiger partial charge on any atom is -0.352 e. The van der Waals surface area contributed by atoms with Gasteiger partial charge in [0, 0.05) is 18.7 Å². The fourth-order valence-corrected chi connectivity index (χ4v) is 1.73. The van der Waals surface area contributed by atoms with E-state index in [2.05, 4.69) is 10.6 Å². The highest BCUT2D eigenvalue weighted by atomic mass is 19.1. The highest BCUT2D eigenvalue weighted by Crippen LogP contribution is 2.19. The Bertz CT molecular complexity index is 532. The number of carbonyl (C=O) groups is 1. The zero-order chi connectivity index (χ0) is 14.7. The Morgan fingerprint density at radius 2 is 2.25 bits per heavy atom. The molecule has 0 spiro atoms. The Morgan fingerprint density at radius 1 is 1.55 bits per heavy atom. The van der Waals surface area contributed by atoms with E-state index in [1.165, 1.54) is 6.07 Å². The van der Waals surface area contributed by atoms with Gasteiger partial charge < -0.3 is 10.6 Å². The summed E-state index contributed by atoms with van der Waals surface area (Å²) in [5, 5.41) is 16.3. The summed E-state index contributed by atoms with van der Waals surface area (Å²) in [6, 6.07) is 3.61. The van der Waals surface area contributed by atoms with Crippen LogP contribution in [0.1, 0.15) is 25.3 Å². The van der Waals surface area contributed by atoms with Gasteiger partial charge in [0.1, 0.15) is 0 Å². The number of nitro groups is 1. The summed E-state index contributed by atoms with van der Waals surface area (Å²) in [4.78, 5) is 21.4. The van der Waals surface area contributed by atoms with Gasteiger partial charge >= 0.3 is 5.69 Å². The van der Waals surface area contributed by atoms with Crippen LogP contribution in [-0.2, 0) is 11.3 Å². The largest absolute Gasteiger partial charge is 0.352 e. The number of hydrogen-bond acceptors (Lipinski definition) is 4. The number of halogens is 1. The van der Waals surface area contributed by atoms with Crippen LogP contribution in [-0.4, -0.2) is 22.9 Å². The molecule has 0 aromatic heterocycles. The van der Waals surface area contributed by atoms with Crippen molar-refractivity contribution in [3.05, 3.63) is 39.7 Å². The predicted octanol–water partition coefficient (Wildman–Crippen LogP) is 1.49. The lowest BCUT2D eigenvalue weighted by Gasteiger charge is -2.13. The fraction of sp³-hybridized carbons (Fsp3) is 0.462. The normalized spacial score (nSPS) is 15.7. The van der Waals surface area contributed by atoms with Gasteiger partial charge in [-0.1, -0.05) is 6.07 Å². The maximum atomic E-state index is 13.4. The molecule has 1 aromatic rings. The molecule has 108 valence electrons. The first-order valence-corrected chi connectivity index (χ1v) is 6.44. The zero-order valence-corrected chi connectivity index (χ0v) is 11.1. The first-order valence-electron chi connectivity index (χ1n) is 6.44. The molecule has 1 aliphatic rings. The predicted molar refractivity (Wildman–Crippen MR) is 70.5 cm³/mol. The molecular weight excluding hydrogens is 265 g/mol. The van der Waals surface area contributed by atoms with E-state index in [0.717, 1.165) is 25.0 Å². The number of benzene rings is 1. The average molecular weight is 281 g/mol. The monoisotopic (exact) mass is 281 g/mol. The summed E-state index contributed by atoms with van der Waals surface area (Å²) < 4.78 is 13.4. The summed E-state index contributed by atoms with van der Waals surface area (Å²) in [5.74, 6) is -0.959. The second-order valence-corrected chi connectivity index (χ2v) is 4.93. The van der Waals surface area contributed by atoms with Crippen molar-refractivity contribution in [2.24, 2.45) is 0 Å². The molecule has 20 heavy (non-hydrogen) atoms. The molecule has 2 N–H and O–H groups in total. The lowest BCUT2D eigenvalue weighted by molar-refractivity contribution is -0.387. The van der Waals surface area contributed by atoms with Crippen LogP contribution < -0.4 is 10.6 Å². The van der Waals surface area contributed by atoms with Crippen molar-refractivity contribution < 1.29 is 14.1 Å². The van der Waals surface area contributed by atoms with Crippen LogP contribution in [0.5, 0.6) is 0 Å². The van der Waals surface area contributed by atoms with E-state index in [0.29, 0.717) is 11.6 Å². The Kier molecular flexibility index (Phi) is 4.29.